The molecule has 0 bridgehead atoms. The molecular weight excluding hydrogens is 156 g/mol. The van der Waals surface area contributed by atoms with E-state index in [0.29, 0.717) is 12.5 Å². The molecule has 2 fully saturated rings. The van der Waals surface area contributed by atoms with E-state index in [4.69, 9.17) is 4.74 Å². The summed E-state index contributed by atoms with van der Waals surface area (Å²) in [6.07, 6.45) is 2.14. The number of carbonyl (C=O) groups is 1. The number of hydrogen-bond donors (Lipinski definition) is 2. The van der Waals surface area contributed by atoms with Crippen molar-refractivity contribution in [2.75, 3.05) is 19.7 Å². The first-order valence-corrected chi connectivity index (χ1v) is 4.50. The molecule has 2 unspecified atom stereocenters. The van der Waals surface area contributed by atoms with Gasteiger partial charge in [0.25, 0.3) is 0 Å². The standard InChI is InChI=1S/C8H14N2O2/c11-8-10-7(5-12-8)6-2-1-3-9-4-6/h6-7,9H,1-5H2,(H,10,11). The predicted molar refractivity (Wildman–Crippen MR) is 43.9 cm³/mol. The Bertz CT molecular complexity index is 178. The number of rotatable bonds is 1. The van der Waals surface area contributed by atoms with Crippen LogP contribution < -0.4 is 10.6 Å². The molecule has 2 rings (SSSR count). The zero-order valence-corrected chi connectivity index (χ0v) is 7.01. The Balaban J connectivity index is 1.86. The third-order valence-electron chi connectivity index (χ3n) is 2.60. The highest BCUT2D eigenvalue weighted by Gasteiger charge is 2.30. The molecule has 2 aliphatic rings. The molecule has 2 aliphatic heterocycles. The van der Waals surface area contributed by atoms with E-state index < -0.39 is 0 Å². The van der Waals surface area contributed by atoms with Crippen LogP contribution in [0.4, 0.5) is 4.79 Å². The minimum atomic E-state index is -0.259. The normalized spacial score (nSPS) is 35.8. The van der Waals surface area contributed by atoms with E-state index in [1.807, 2.05) is 0 Å². The Hall–Kier alpha value is -0.770. The summed E-state index contributed by atoms with van der Waals surface area (Å²) >= 11 is 0. The van der Waals surface area contributed by atoms with Crippen LogP contribution in [-0.2, 0) is 4.74 Å². The maximum Gasteiger partial charge on any atom is 0.407 e. The molecule has 2 heterocycles. The van der Waals surface area contributed by atoms with E-state index >= 15 is 0 Å². The van der Waals surface area contributed by atoms with Crippen molar-refractivity contribution in [1.82, 2.24) is 10.6 Å². The summed E-state index contributed by atoms with van der Waals surface area (Å²) in [5.74, 6) is 0.560. The maximum absolute atomic E-state index is 10.7. The SMILES string of the molecule is O=C1NC(C2CCCNC2)CO1. The van der Waals surface area contributed by atoms with Gasteiger partial charge in [0.05, 0.1) is 6.04 Å². The van der Waals surface area contributed by atoms with Gasteiger partial charge in [-0.3, -0.25) is 0 Å². The van der Waals surface area contributed by atoms with E-state index in [-0.39, 0.29) is 12.1 Å². The summed E-state index contributed by atoms with van der Waals surface area (Å²) in [6.45, 7) is 2.66. The Morgan fingerprint density at radius 1 is 1.50 bits per heavy atom. The van der Waals surface area contributed by atoms with Crippen LogP contribution in [0.25, 0.3) is 0 Å². The van der Waals surface area contributed by atoms with Gasteiger partial charge in [0.1, 0.15) is 6.61 Å². The second-order valence-electron chi connectivity index (χ2n) is 3.46. The van der Waals surface area contributed by atoms with Crippen LogP contribution >= 0.6 is 0 Å². The van der Waals surface area contributed by atoms with Crippen molar-refractivity contribution >= 4 is 6.09 Å². The first-order valence-electron chi connectivity index (χ1n) is 4.50. The van der Waals surface area contributed by atoms with Crippen molar-refractivity contribution in [2.45, 2.75) is 18.9 Å². The topological polar surface area (TPSA) is 50.4 Å². The van der Waals surface area contributed by atoms with Gasteiger partial charge in [0.2, 0.25) is 0 Å². The number of carbonyl (C=O) groups excluding carboxylic acids is 1. The minimum absolute atomic E-state index is 0.241. The lowest BCUT2D eigenvalue weighted by Crippen LogP contribution is -2.42. The Morgan fingerprint density at radius 2 is 2.42 bits per heavy atom. The van der Waals surface area contributed by atoms with Crippen molar-refractivity contribution in [3.8, 4) is 0 Å². The summed E-state index contributed by atoms with van der Waals surface area (Å²) in [5.41, 5.74) is 0. The Kier molecular flexibility index (Phi) is 2.17. The molecule has 0 aromatic heterocycles. The van der Waals surface area contributed by atoms with E-state index in [1.54, 1.807) is 0 Å². The van der Waals surface area contributed by atoms with Gasteiger partial charge in [-0.15, -0.1) is 0 Å². The molecule has 12 heavy (non-hydrogen) atoms. The molecule has 2 atom stereocenters. The molecule has 0 radical (unpaired) electrons. The number of hydrogen-bond acceptors (Lipinski definition) is 3. The molecular formula is C8H14N2O2. The van der Waals surface area contributed by atoms with Crippen LogP contribution in [0.2, 0.25) is 0 Å². The zero-order chi connectivity index (χ0) is 8.39. The average Bonchev–Trinajstić information content (AvgIpc) is 2.54. The van der Waals surface area contributed by atoms with E-state index in [0.717, 1.165) is 13.1 Å². The molecule has 1 amide bonds. The largest absolute Gasteiger partial charge is 0.447 e. The fourth-order valence-electron chi connectivity index (χ4n) is 1.88. The van der Waals surface area contributed by atoms with Gasteiger partial charge in [-0.25, -0.2) is 4.79 Å². The summed E-state index contributed by atoms with van der Waals surface area (Å²) in [4.78, 5) is 10.7. The van der Waals surface area contributed by atoms with Crippen LogP contribution in [0, 0.1) is 5.92 Å². The fourth-order valence-corrected chi connectivity index (χ4v) is 1.88. The van der Waals surface area contributed by atoms with Crippen LogP contribution in [0.15, 0.2) is 0 Å². The predicted octanol–water partition coefficient (Wildman–Crippen LogP) is 0.0944. The van der Waals surface area contributed by atoms with Crippen molar-refractivity contribution in [3.05, 3.63) is 0 Å². The van der Waals surface area contributed by atoms with Crippen LogP contribution in [0.3, 0.4) is 0 Å². The lowest BCUT2D eigenvalue weighted by atomic mass is 9.93. The monoisotopic (exact) mass is 170 g/mol. The Labute approximate surface area is 71.7 Å². The molecule has 68 valence electrons. The van der Waals surface area contributed by atoms with Crippen LogP contribution in [0.1, 0.15) is 12.8 Å². The van der Waals surface area contributed by atoms with E-state index in [2.05, 4.69) is 10.6 Å². The van der Waals surface area contributed by atoms with Gasteiger partial charge < -0.3 is 15.4 Å². The van der Waals surface area contributed by atoms with Gasteiger partial charge in [-0.2, -0.15) is 0 Å². The Morgan fingerprint density at radius 3 is 3.00 bits per heavy atom. The molecule has 0 aromatic carbocycles. The highest BCUT2D eigenvalue weighted by molar-refractivity contribution is 5.69. The molecule has 0 spiro atoms. The summed E-state index contributed by atoms with van der Waals surface area (Å²) in [7, 11) is 0. The highest BCUT2D eigenvalue weighted by atomic mass is 16.6. The zero-order valence-electron chi connectivity index (χ0n) is 7.01. The molecule has 0 aromatic rings. The van der Waals surface area contributed by atoms with Crippen LogP contribution in [0.5, 0.6) is 0 Å². The molecule has 2 saturated heterocycles. The first kappa shape index (κ1) is 7.86. The molecule has 0 aliphatic carbocycles. The van der Waals surface area contributed by atoms with Gasteiger partial charge in [0, 0.05) is 6.54 Å². The van der Waals surface area contributed by atoms with Crippen molar-refractivity contribution in [1.29, 1.82) is 0 Å². The number of cyclic esters (lactones) is 1. The molecule has 4 heteroatoms. The smallest absolute Gasteiger partial charge is 0.407 e. The molecule has 2 N–H and O–H groups in total. The maximum atomic E-state index is 10.7. The number of ether oxygens (including phenoxy) is 1. The third kappa shape index (κ3) is 1.53. The second-order valence-corrected chi connectivity index (χ2v) is 3.46. The third-order valence-corrected chi connectivity index (χ3v) is 2.60. The van der Waals surface area contributed by atoms with E-state index in [9.17, 15) is 4.79 Å². The summed E-state index contributed by atoms with van der Waals surface area (Å²) in [6, 6.07) is 0.241. The van der Waals surface area contributed by atoms with Gasteiger partial charge in [-0.05, 0) is 25.3 Å². The molecule has 4 nitrogen and oxygen atoms in total. The number of nitrogens with one attached hydrogen (secondary N) is 2. The lowest BCUT2D eigenvalue weighted by molar-refractivity contribution is 0.173. The van der Waals surface area contributed by atoms with Crippen molar-refractivity contribution in [3.63, 3.8) is 0 Å². The van der Waals surface area contributed by atoms with Crippen molar-refractivity contribution < 1.29 is 9.53 Å². The van der Waals surface area contributed by atoms with Crippen molar-refractivity contribution in [2.24, 2.45) is 5.92 Å². The number of piperidine rings is 1. The highest BCUT2D eigenvalue weighted by Crippen LogP contribution is 2.17. The first-order chi connectivity index (χ1) is 5.86. The average molecular weight is 170 g/mol. The van der Waals surface area contributed by atoms with E-state index in [1.165, 1.54) is 12.8 Å². The lowest BCUT2D eigenvalue weighted by Gasteiger charge is -2.26. The summed E-state index contributed by atoms with van der Waals surface area (Å²) < 4.78 is 4.84. The number of alkyl carbamates (subject to hydrolysis) is 1. The second kappa shape index (κ2) is 3.31. The summed E-state index contributed by atoms with van der Waals surface area (Å²) in [5, 5.41) is 6.14. The van der Waals surface area contributed by atoms with Gasteiger partial charge in [-0.1, -0.05) is 0 Å². The minimum Gasteiger partial charge on any atom is -0.447 e. The fraction of sp³-hybridized carbons (Fsp3) is 0.875. The molecule has 0 saturated carbocycles. The van der Waals surface area contributed by atoms with Crippen LogP contribution in [-0.4, -0.2) is 31.8 Å². The van der Waals surface area contributed by atoms with Gasteiger partial charge >= 0.3 is 6.09 Å². The quantitative estimate of drug-likeness (QED) is 0.586. The number of amides is 1. The van der Waals surface area contributed by atoms with Gasteiger partial charge in [0.15, 0.2) is 0 Å².